The van der Waals surface area contributed by atoms with E-state index < -0.39 is 0 Å². The predicted molar refractivity (Wildman–Crippen MR) is 81.8 cm³/mol. The highest BCUT2D eigenvalue weighted by Gasteiger charge is 2.10. The van der Waals surface area contributed by atoms with Crippen LogP contribution in [0.1, 0.15) is 24.8 Å². The molecule has 1 fully saturated rings. The van der Waals surface area contributed by atoms with Crippen LogP contribution in [0.4, 0.5) is 9.18 Å². The maximum atomic E-state index is 12.7. The molecule has 1 heterocycles. The van der Waals surface area contributed by atoms with Crippen LogP contribution < -0.4 is 10.6 Å². The van der Waals surface area contributed by atoms with Gasteiger partial charge in [0.15, 0.2) is 0 Å². The number of halogens is 1. The molecule has 1 aliphatic rings. The molecular formula is C16H24FN3O. The zero-order valence-corrected chi connectivity index (χ0v) is 12.4. The number of rotatable bonds is 7. The third-order valence-electron chi connectivity index (χ3n) is 3.75. The van der Waals surface area contributed by atoms with Gasteiger partial charge in [-0.3, -0.25) is 0 Å². The number of amides is 2. The summed E-state index contributed by atoms with van der Waals surface area (Å²) in [6.07, 6.45) is 4.31. The minimum absolute atomic E-state index is 0.126. The van der Waals surface area contributed by atoms with Crippen molar-refractivity contribution in [3.05, 3.63) is 35.6 Å². The minimum Gasteiger partial charge on any atom is -0.338 e. The summed E-state index contributed by atoms with van der Waals surface area (Å²) in [4.78, 5) is 14.0. The summed E-state index contributed by atoms with van der Waals surface area (Å²) < 4.78 is 12.7. The van der Waals surface area contributed by atoms with Gasteiger partial charge < -0.3 is 15.5 Å². The number of carbonyl (C=O) groups is 1. The summed E-state index contributed by atoms with van der Waals surface area (Å²) in [5.74, 6) is -0.234. The Labute approximate surface area is 125 Å². The first-order valence-corrected chi connectivity index (χ1v) is 7.72. The first-order valence-electron chi connectivity index (χ1n) is 7.72. The molecule has 116 valence electrons. The highest BCUT2D eigenvalue weighted by atomic mass is 19.1. The number of likely N-dealkylation sites (tertiary alicyclic amines) is 1. The molecule has 2 rings (SSSR count). The van der Waals surface area contributed by atoms with Crippen molar-refractivity contribution in [3.8, 4) is 0 Å². The lowest BCUT2D eigenvalue weighted by Crippen LogP contribution is -2.38. The summed E-state index contributed by atoms with van der Waals surface area (Å²) in [6.45, 7) is 4.73. The van der Waals surface area contributed by atoms with Crippen LogP contribution in [-0.2, 0) is 6.42 Å². The van der Waals surface area contributed by atoms with Crippen molar-refractivity contribution in [2.75, 3.05) is 32.7 Å². The molecule has 0 aliphatic carbocycles. The highest BCUT2D eigenvalue weighted by Crippen LogP contribution is 2.06. The third kappa shape index (κ3) is 6.12. The standard InChI is InChI=1S/C16H24FN3O/c17-15-6-4-14(5-7-15)8-10-19-16(21)18-9-3-13-20-11-1-2-12-20/h4-7H,1-3,8-13H2,(H2,18,19,21). The van der Waals surface area contributed by atoms with E-state index in [1.807, 2.05) is 0 Å². The smallest absolute Gasteiger partial charge is 0.314 e. The van der Waals surface area contributed by atoms with Gasteiger partial charge in [0.2, 0.25) is 0 Å². The largest absolute Gasteiger partial charge is 0.338 e. The molecule has 1 aliphatic heterocycles. The van der Waals surface area contributed by atoms with Crippen molar-refractivity contribution in [3.63, 3.8) is 0 Å². The number of hydrogen-bond acceptors (Lipinski definition) is 2. The van der Waals surface area contributed by atoms with Gasteiger partial charge >= 0.3 is 6.03 Å². The number of nitrogens with zero attached hydrogens (tertiary/aromatic N) is 1. The summed E-state index contributed by atoms with van der Waals surface area (Å²) in [5.41, 5.74) is 1.02. The molecule has 4 nitrogen and oxygen atoms in total. The number of benzene rings is 1. The van der Waals surface area contributed by atoms with E-state index in [4.69, 9.17) is 0 Å². The first-order chi connectivity index (χ1) is 10.2. The van der Waals surface area contributed by atoms with E-state index in [0.29, 0.717) is 19.5 Å². The first kappa shape index (κ1) is 15.8. The molecule has 0 radical (unpaired) electrons. The van der Waals surface area contributed by atoms with Crippen LogP contribution in [0.15, 0.2) is 24.3 Å². The molecule has 0 aromatic heterocycles. The van der Waals surface area contributed by atoms with Crippen LogP contribution in [0.3, 0.4) is 0 Å². The van der Waals surface area contributed by atoms with Crippen LogP contribution in [0.5, 0.6) is 0 Å². The van der Waals surface area contributed by atoms with Gasteiger partial charge in [0.05, 0.1) is 0 Å². The van der Waals surface area contributed by atoms with E-state index in [9.17, 15) is 9.18 Å². The Morgan fingerprint density at radius 2 is 1.76 bits per heavy atom. The van der Waals surface area contributed by atoms with Crippen molar-refractivity contribution in [1.82, 2.24) is 15.5 Å². The lowest BCUT2D eigenvalue weighted by Gasteiger charge is -2.14. The molecule has 0 spiro atoms. The number of urea groups is 1. The zero-order valence-electron chi connectivity index (χ0n) is 12.4. The lowest BCUT2D eigenvalue weighted by atomic mass is 10.1. The molecule has 2 amide bonds. The maximum Gasteiger partial charge on any atom is 0.314 e. The van der Waals surface area contributed by atoms with E-state index in [1.54, 1.807) is 12.1 Å². The fourth-order valence-electron chi connectivity index (χ4n) is 2.54. The Bertz CT molecular complexity index is 430. The van der Waals surface area contributed by atoms with Gasteiger partial charge in [0.1, 0.15) is 5.82 Å². The minimum atomic E-state index is -0.234. The SMILES string of the molecule is O=C(NCCCN1CCCC1)NCCc1ccc(F)cc1. The van der Waals surface area contributed by atoms with Crippen molar-refractivity contribution >= 4 is 6.03 Å². The van der Waals surface area contributed by atoms with Gasteiger partial charge in [0, 0.05) is 13.1 Å². The molecule has 0 unspecified atom stereocenters. The van der Waals surface area contributed by atoms with E-state index in [1.165, 1.54) is 38.1 Å². The van der Waals surface area contributed by atoms with Gasteiger partial charge in [-0.2, -0.15) is 0 Å². The lowest BCUT2D eigenvalue weighted by molar-refractivity contribution is 0.240. The summed E-state index contributed by atoms with van der Waals surface area (Å²) in [6, 6.07) is 6.23. The molecule has 1 saturated heterocycles. The Morgan fingerprint density at radius 3 is 2.48 bits per heavy atom. The zero-order chi connectivity index (χ0) is 14.9. The second kappa shape index (κ2) is 8.62. The summed E-state index contributed by atoms with van der Waals surface area (Å²) in [7, 11) is 0. The highest BCUT2D eigenvalue weighted by molar-refractivity contribution is 5.73. The van der Waals surface area contributed by atoms with Crippen LogP contribution >= 0.6 is 0 Å². The molecule has 0 saturated carbocycles. The van der Waals surface area contributed by atoms with Crippen LogP contribution in [0.25, 0.3) is 0 Å². The average Bonchev–Trinajstić information content (AvgIpc) is 2.99. The second-order valence-electron chi connectivity index (χ2n) is 5.46. The van der Waals surface area contributed by atoms with Gasteiger partial charge in [-0.25, -0.2) is 9.18 Å². The molecule has 21 heavy (non-hydrogen) atoms. The van der Waals surface area contributed by atoms with E-state index in [-0.39, 0.29) is 11.8 Å². The molecule has 5 heteroatoms. The average molecular weight is 293 g/mol. The Morgan fingerprint density at radius 1 is 1.10 bits per heavy atom. The van der Waals surface area contributed by atoms with Gasteiger partial charge in [-0.1, -0.05) is 12.1 Å². The van der Waals surface area contributed by atoms with Crippen LogP contribution in [0, 0.1) is 5.82 Å². The van der Waals surface area contributed by atoms with Crippen molar-refractivity contribution in [1.29, 1.82) is 0 Å². The topological polar surface area (TPSA) is 44.4 Å². The Hall–Kier alpha value is -1.62. The second-order valence-corrected chi connectivity index (χ2v) is 5.46. The van der Waals surface area contributed by atoms with E-state index in [2.05, 4.69) is 15.5 Å². The number of hydrogen-bond donors (Lipinski definition) is 2. The normalized spacial score (nSPS) is 15.1. The van der Waals surface area contributed by atoms with Gasteiger partial charge in [0.25, 0.3) is 0 Å². The predicted octanol–water partition coefficient (Wildman–Crippen LogP) is 2.15. The fraction of sp³-hybridized carbons (Fsp3) is 0.562. The summed E-state index contributed by atoms with van der Waals surface area (Å²) >= 11 is 0. The van der Waals surface area contributed by atoms with Gasteiger partial charge in [-0.15, -0.1) is 0 Å². The van der Waals surface area contributed by atoms with Crippen molar-refractivity contribution < 1.29 is 9.18 Å². The number of nitrogens with one attached hydrogen (secondary N) is 2. The van der Waals surface area contributed by atoms with Crippen molar-refractivity contribution in [2.24, 2.45) is 0 Å². The maximum absolute atomic E-state index is 12.7. The Kier molecular flexibility index (Phi) is 6.47. The molecule has 0 atom stereocenters. The fourth-order valence-corrected chi connectivity index (χ4v) is 2.54. The van der Waals surface area contributed by atoms with E-state index in [0.717, 1.165) is 18.5 Å². The van der Waals surface area contributed by atoms with Crippen LogP contribution in [-0.4, -0.2) is 43.7 Å². The molecule has 1 aromatic carbocycles. The summed E-state index contributed by atoms with van der Waals surface area (Å²) in [5, 5.41) is 5.68. The number of carbonyl (C=O) groups excluding carboxylic acids is 1. The van der Waals surface area contributed by atoms with Gasteiger partial charge in [-0.05, 0) is 63.0 Å². The molecular weight excluding hydrogens is 269 g/mol. The quantitative estimate of drug-likeness (QED) is 0.757. The van der Waals surface area contributed by atoms with E-state index >= 15 is 0 Å². The molecule has 2 N–H and O–H groups in total. The third-order valence-corrected chi connectivity index (χ3v) is 3.75. The molecule has 0 bridgehead atoms. The Balaban J connectivity index is 1.50. The monoisotopic (exact) mass is 293 g/mol. The van der Waals surface area contributed by atoms with Crippen LogP contribution in [0.2, 0.25) is 0 Å². The molecule has 1 aromatic rings. The van der Waals surface area contributed by atoms with Crippen molar-refractivity contribution in [2.45, 2.75) is 25.7 Å².